The van der Waals surface area contributed by atoms with Crippen molar-refractivity contribution in [2.75, 3.05) is 7.11 Å². The summed E-state index contributed by atoms with van der Waals surface area (Å²) in [5, 5.41) is 0. The number of hydrogen-bond donors (Lipinski definition) is 0. The van der Waals surface area contributed by atoms with E-state index < -0.39 is 155 Å². The molecule has 0 aliphatic heterocycles. The number of aryl methyl sites for hydroxylation is 2. The van der Waals surface area contributed by atoms with Gasteiger partial charge in [0.1, 0.15) is 11.6 Å². The van der Waals surface area contributed by atoms with Crippen molar-refractivity contribution in [2.45, 2.75) is 149 Å². The molecule has 0 radical (unpaired) electrons. The summed E-state index contributed by atoms with van der Waals surface area (Å²) in [6, 6.07) is 7.07. The van der Waals surface area contributed by atoms with Crippen molar-refractivity contribution < 1.29 is 83.8 Å². The maximum atomic E-state index is 13.4. The Hall–Kier alpha value is -6.92. The van der Waals surface area contributed by atoms with E-state index in [1.165, 1.54) is 60.7 Å². The zero-order valence-corrected chi connectivity index (χ0v) is 53.4. The second kappa shape index (κ2) is 36.1. The van der Waals surface area contributed by atoms with E-state index in [0.29, 0.717) is 12.0 Å². The smallest absolute Gasteiger partial charge is 0.204 e. The van der Waals surface area contributed by atoms with Crippen LogP contribution in [0.4, 0.5) is 79.0 Å². The molecule has 0 saturated carbocycles. The Labute approximate surface area is 512 Å². The summed E-state index contributed by atoms with van der Waals surface area (Å²) in [5.74, 6) is -23.5. The highest BCUT2D eigenvalue weighted by Gasteiger charge is 2.28. The van der Waals surface area contributed by atoms with Crippen LogP contribution in [0.2, 0.25) is 0 Å². The summed E-state index contributed by atoms with van der Waals surface area (Å²) in [6.45, 7) is 38.3. The first-order valence-electron chi connectivity index (χ1n) is 28.4. The molecule has 0 aliphatic rings. The van der Waals surface area contributed by atoms with Crippen molar-refractivity contribution in [1.82, 2.24) is 0 Å². The summed E-state index contributed by atoms with van der Waals surface area (Å²) >= 11 is 0. The van der Waals surface area contributed by atoms with Crippen LogP contribution in [0, 0.1) is 162 Å². The van der Waals surface area contributed by atoms with Gasteiger partial charge in [-0.25, -0.2) is 70.2 Å². The Kier molecular flexibility index (Phi) is 32.5. The van der Waals surface area contributed by atoms with E-state index in [2.05, 4.69) is 64.3 Å². The Morgan fingerprint density at radius 3 is 0.854 bits per heavy atom. The molecule has 0 N–H and O–H groups in total. The minimum atomic E-state index is -1.49. The van der Waals surface area contributed by atoms with E-state index in [0.717, 1.165) is 33.0 Å². The van der Waals surface area contributed by atoms with Gasteiger partial charge in [0.15, 0.2) is 87.2 Å². The first-order chi connectivity index (χ1) is 41.1. The van der Waals surface area contributed by atoms with Crippen LogP contribution in [-0.4, -0.2) is 7.11 Å². The molecule has 0 atom stereocenters. The summed E-state index contributed by atoms with van der Waals surface area (Å²) in [4.78, 5) is 0. The molecule has 0 fully saturated rings. The summed E-state index contributed by atoms with van der Waals surface area (Å²) < 4.78 is 243. The van der Waals surface area contributed by atoms with Crippen molar-refractivity contribution in [3.63, 3.8) is 0 Å². The highest BCUT2D eigenvalue weighted by atomic mass is 19.2. The van der Waals surface area contributed by atoms with Gasteiger partial charge in [0.05, 0.1) is 12.7 Å². The van der Waals surface area contributed by atoms with Crippen LogP contribution in [0.25, 0.3) is 18.2 Å². The van der Waals surface area contributed by atoms with Gasteiger partial charge in [-0.1, -0.05) is 133 Å². The second-order valence-electron chi connectivity index (χ2n) is 23.4. The molecule has 19 heteroatoms. The minimum absolute atomic E-state index is 0.0220. The lowest BCUT2D eigenvalue weighted by Crippen LogP contribution is -2.08. The molecular formula is C70H80F18O. The van der Waals surface area contributed by atoms with E-state index in [9.17, 15) is 79.0 Å². The van der Waals surface area contributed by atoms with Crippen molar-refractivity contribution in [3.8, 4) is 5.75 Å². The molecule has 0 saturated heterocycles. The zero-order valence-electron chi connectivity index (χ0n) is 53.4. The predicted molar refractivity (Wildman–Crippen MR) is 320 cm³/mol. The molecule has 0 spiro atoms. The second-order valence-corrected chi connectivity index (χ2v) is 23.4. The summed E-state index contributed by atoms with van der Waals surface area (Å²) in [7, 11) is 0.947. The molecular weight excluding hydrogens is 1200 g/mol. The fourth-order valence-electron chi connectivity index (χ4n) is 8.74. The highest BCUT2D eigenvalue weighted by Crippen LogP contribution is 2.33. The van der Waals surface area contributed by atoms with Crippen LogP contribution >= 0.6 is 0 Å². The number of benzene rings is 6. The summed E-state index contributed by atoms with van der Waals surface area (Å²) in [6.07, 6.45) is 5.56. The molecule has 492 valence electrons. The van der Waals surface area contributed by atoms with Crippen LogP contribution in [0.15, 0.2) is 44.0 Å². The van der Waals surface area contributed by atoms with Crippen LogP contribution in [-0.2, 0) is 32.1 Å². The van der Waals surface area contributed by atoms with Crippen LogP contribution in [0.5, 0.6) is 5.75 Å². The first-order valence-corrected chi connectivity index (χ1v) is 28.4. The predicted octanol–water partition coefficient (Wildman–Crippen LogP) is 22.9. The lowest BCUT2D eigenvalue weighted by atomic mass is 9.93. The Balaban J connectivity index is 0.000000534. The third-order valence-corrected chi connectivity index (χ3v) is 13.2. The number of halogens is 18. The SMILES string of the molecule is C=Cc1c(F)c(F)c(CC(C)C)c(F)c1F.C=Cc1cc(C)c(CC(C)C)c(C)c1.C=Cc1cc(F)c(CC(C)C)c(F)c1.COc1c(F)c(F)c(CC(C)C)c(F)c1F.Cc1c(F)c(F)c(C(C)C)c(F)c1F.Cc1c(F)c(F)c(CC(C)C)c(F)c1F. The number of rotatable bonds is 15. The minimum Gasteiger partial charge on any atom is -0.491 e. The normalized spacial score (nSPS) is 10.9. The fourth-order valence-corrected chi connectivity index (χ4v) is 8.74. The average Bonchev–Trinajstić information content (AvgIpc) is 2.40. The fraction of sp³-hybridized carbons (Fsp3) is 0.400. The molecule has 0 unspecified atom stereocenters. The standard InChI is InChI=1S/C14H20.C12H12F4.C12H14F2.C11H12F4O.C11H12F4.C10H10F4/c1-6-13-8-11(4)14(7-10(2)3)12(5)9-13;1-4-7-9(13)11(15)8(5-6(2)3)12(16)10(7)14;1-4-9-6-11(13)10(5-8(2)3)12(14)7-9;1-5(2)4-6-7(12)9(14)11(16-3)10(15)8(6)13;1-5(2)4-7-10(14)8(12)6(3)9(13)11(7)15;1-4(2)6-9(13)7(11)5(3)8(12)10(6)14/h6,8-10H,1,7H2,2-5H3;4,6H,1,5H2,2-3H3;4,6-8H,1,5H2,2-3H3;5H,4H2,1-3H3;5H,4H2,1-3H3;4H,1-3H3. The van der Waals surface area contributed by atoms with Crippen LogP contribution in [0.1, 0.15) is 161 Å². The molecule has 89 heavy (non-hydrogen) atoms. The molecule has 1 nitrogen and oxygen atoms in total. The van der Waals surface area contributed by atoms with Crippen molar-refractivity contribution >= 4 is 18.2 Å². The summed E-state index contributed by atoms with van der Waals surface area (Å²) in [5.41, 5.74) is 2.01. The maximum absolute atomic E-state index is 13.4. The lowest BCUT2D eigenvalue weighted by Gasteiger charge is -2.13. The molecule has 0 aromatic heterocycles. The van der Waals surface area contributed by atoms with Crippen LogP contribution in [0.3, 0.4) is 0 Å². The largest absolute Gasteiger partial charge is 0.491 e. The van der Waals surface area contributed by atoms with Crippen molar-refractivity contribution in [3.05, 3.63) is 221 Å². The Bertz CT molecular complexity index is 3180. The maximum Gasteiger partial charge on any atom is 0.204 e. The molecule has 0 aliphatic carbocycles. The molecule has 6 aromatic carbocycles. The third-order valence-electron chi connectivity index (χ3n) is 13.2. The number of methoxy groups -OCH3 is 1. The van der Waals surface area contributed by atoms with Gasteiger partial charge < -0.3 is 4.74 Å². The monoisotopic (exact) mass is 1280 g/mol. The van der Waals surface area contributed by atoms with E-state index in [1.807, 2.05) is 19.9 Å². The molecule has 0 amide bonds. The molecule has 6 aromatic rings. The van der Waals surface area contributed by atoms with Gasteiger partial charge in [-0.15, -0.1) is 0 Å². The molecule has 6 rings (SSSR count). The van der Waals surface area contributed by atoms with E-state index >= 15 is 0 Å². The van der Waals surface area contributed by atoms with Gasteiger partial charge >= 0.3 is 0 Å². The van der Waals surface area contributed by atoms with Crippen molar-refractivity contribution in [1.29, 1.82) is 0 Å². The average molecular weight is 1280 g/mol. The molecule has 0 bridgehead atoms. The van der Waals surface area contributed by atoms with Gasteiger partial charge in [0, 0.05) is 38.9 Å². The van der Waals surface area contributed by atoms with E-state index in [-0.39, 0.29) is 48.5 Å². The van der Waals surface area contributed by atoms with Crippen LogP contribution < -0.4 is 4.74 Å². The topological polar surface area (TPSA) is 9.23 Å². The lowest BCUT2D eigenvalue weighted by molar-refractivity contribution is 0.327. The first kappa shape index (κ1) is 80.1. The van der Waals surface area contributed by atoms with Gasteiger partial charge in [-0.3, -0.25) is 0 Å². The third kappa shape index (κ3) is 21.6. The van der Waals surface area contributed by atoms with Gasteiger partial charge in [0.25, 0.3) is 0 Å². The van der Waals surface area contributed by atoms with E-state index in [4.69, 9.17) is 0 Å². The Morgan fingerprint density at radius 2 is 0.584 bits per heavy atom. The van der Waals surface area contributed by atoms with Crippen molar-refractivity contribution in [2.24, 2.45) is 29.6 Å². The van der Waals surface area contributed by atoms with Gasteiger partial charge in [-0.2, -0.15) is 8.78 Å². The quantitative estimate of drug-likeness (QED) is 0.0735. The van der Waals surface area contributed by atoms with Gasteiger partial charge in [-0.05, 0) is 135 Å². The Morgan fingerprint density at radius 1 is 0.326 bits per heavy atom. The molecule has 0 heterocycles. The zero-order chi connectivity index (χ0) is 69.1. The number of ether oxygens (including phenoxy) is 1. The number of hydrogen-bond acceptors (Lipinski definition) is 1. The van der Waals surface area contributed by atoms with Gasteiger partial charge in [0.2, 0.25) is 11.6 Å². The highest BCUT2D eigenvalue weighted by molar-refractivity contribution is 5.53. The van der Waals surface area contributed by atoms with E-state index in [1.54, 1.807) is 41.5 Å².